The molecule has 194 valence electrons. The number of imide groups is 1. The number of benzene rings is 5. The molecule has 6 rings (SSSR count). The first-order chi connectivity index (χ1) is 19.5. The van der Waals surface area contributed by atoms with Crippen LogP contribution in [0.15, 0.2) is 132 Å². The Morgan fingerprint density at radius 3 is 2.08 bits per heavy atom. The number of ether oxygens (including phenoxy) is 1. The lowest BCUT2D eigenvalue weighted by atomic mass is 10.1. The van der Waals surface area contributed by atoms with E-state index < -0.39 is 17.8 Å². The molecule has 1 aliphatic rings. The molecule has 40 heavy (non-hydrogen) atoms. The van der Waals surface area contributed by atoms with Crippen molar-refractivity contribution in [2.45, 2.75) is 0 Å². The molecule has 0 bridgehead atoms. The van der Waals surface area contributed by atoms with Crippen LogP contribution in [-0.4, -0.2) is 17.8 Å². The van der Waals surface area contributed by atoms with Gasteiger partial charge in [-0.1, -0.05) is 90.5 Å². The Kier molecular flexibility index (Phi) is 6.60. The predicted octanol–water partition coefficient (Wildman–Crippen LogP) is 7.16. The number of esters is 1. The maximum Gasteiger partial charge on any atom is 0.343 e. The Hall–Kier alpha value is -5.20. The quantitative estimate of drug-likeness (QED) is 0.139. The summed E-state index contributed by atoms with van der Waals surface area (Å²) in [7, 11) is 0. The molecular weight excluding hydrogens is 524 g/mol. The van der Waals surface area contributed by atoms with Gasteiger partial charge in [0.15, 0.2) is 0 Å². The lowest BCUT2D eigenvalue weighted by molar-refractivity contribution is -0.120. The predicted molar refractivity (Wildman–Crippen MR) is 156 cm³/mol. The number of nitrogens with zero attached hydrogens (tertiary/aromatic N) is 1. The summed E-state index contributed by atoms with van der Waals surface area (Å²) in [4.78, 5) is 40.1. The number of hydrogen-bond donors (Lipinski definition) is 1. The maximum atomic E-state index is 13.3. The van der Waals surface area contributed by atoms with E-state index in [1.54, 1.807) is 48.5 Å². The van der Waals surface area contributed by atoms with Crippen molar-refractivity contribution in [1.29, 1.82) is 0 Å². The molecule has 1 heterocycles. The minimum Gasteiger partial charge on any atom is -0.423 e. The summed E-state index contributed by atoms with van der Waals surface area (Å²) in [6.07, 6.45) is 0. The highest BCUT2D eigenvalue weighted by Crippen LogP contribution is 2.34. The van der Waals surface area contributed by atoms with Gasteiger partial charge in [-0.3, -0.25) is 9.59 Å². The van der Waals surface area contributed by atoms with Gasteiger partial charge in [-0.2, -0.15) is 0 Å². The first-order valence-corrected chi connectivity index (χ1v) is 12.9. The number of carbonyl (C=O) groups is 3. The fourth-order valence-corrected chi connectivity index (χ4v) is 4.79. The van der Waals surface area contributed by atoms with E-state index in [2.05, 4.69) is 5.32 Å². The van der Waals surface area contributed by atoms with Crippen LogP contribution in [0.25, 0.3) is 21.9 Å². The topological polar surface area (TPSA) is 75.7 Å². The van der Waals surface area contributed by atoms with Crippen LogP contribution < -0.4 is 15.0 Å². The molecule has 2 amide bonds. The van der Waals surface area contributed by atoms with Crippen LogP contribution in [0.1, 0.15) is 10.4 Å². The lowest BCUT2D eigenvalue weighted by Crippen LogP contribution is -2.32. The number of rotatable bonds is 6. The van der Waals surface area contributed by atoms with Gasteiger partial charge in [0, 0.05) is 11.1 Å². The van der Waals surface area contributed by atoms with Gasteiger partial charge in [0.2, 0.25) is 0 Å². The molecule has 5 aromatic carbocycles. The van der Waals surface area contributed by atoms with Gasteiger partial charge in [0.1, 0.15) is 16.5 Å². The highest BCUT2D eigenvalue weighted by molar-refractivity contribution is 6.53. The van der Waals surface area contributed by atoms with Crippen LogP contribution in [0, 0.1) is 0 Å². The fraction of sp³-hybridized carbons (Fsp3) is 0. The zero-order valence-electron chi connectivity index (χ0n) is 21.0. The number of amides is 2. The smallest absolute Gasteiger partial charge is 0.343 e. The second-order valence-electron chi connectivity index (χ2n) is 9.12. The van der Waals surface area contributed by atoms with Crippen LogP contribution in [0.2, 0.25) is 0 Å². The monoisotopic (exact) mass is 544 g/mol. The average Bonchev–Trinajstić information content (AvgIpc) is 3.20. The number of nitrogens with one attached hydrogen (secondary N) is 1. The normalized spacial score (nSPS) is 13.2. The van der Waals surface area contributed by atoms with Crippen LogP contribution in [0.3, 0.4) is 0 Å². The van der Waals surface area contributed by atoms with Gasteiger partial charge >= 0.3 is 5.97 Å². The third-order valence-electron chi connectivity index (χ3n) is 6.60. The second-order valence-corrected chi connectivity index (χ2v) is 9.49. The van der Waals surface area contributed by atoms with Crippen molar-refractivity contribution in [1.82, 2.24) is 0 Å². The van der Waals surface area contributed by atoms with Gasteiger partial charge in [-0.25, -0.2) is 9.69 Å². The van der Waals surface area contributed by atoms with Crippen molar-refractivity contribution in [3.8, 4) is 16.9 Å². The fourth-order valence-electron chi connectivity index (χ4n) is 4.58. The first kappa shape index (κ1) is 25.1. The molecule has 7 heteroatoms. The Balaban J connectivity index is 1.15. The maximum absolute atomic E-state index is 13.3. The first-order valence-electron chi connectivity index (χ1n) is 12.5. The SMILES string of the molecule is O=C(Oc1ccc(-c2ccccc2)cc1)c1ccc(NC2=C(Cl)C(=O)N(c3cccc4ccccc34)C2=O)cc1. The molecule has 0 atom stereocenters. The summed E-state index contributed by atoms with van der Waals surface area (Å²) in [5.41, 5.74) is 3.32. The van der Waals surface area contributed by atoms with E-state index >= 15 is 0 Å². The van der Waals surface area contributed by atoms with Gasteiger partial charge < -0.3 is 10.1 Å². The van der Waals surface area contributed by atoms with E-state index in [1.165, 1.54) is 0 Å². The highest BCUT2D eigenvalue weighted by Gasteiger charge is 2.39. The van der Waals surface area contributed by atoms with Crippen LogP contribution in [0.5, 0.6) is 5.75 Å². The third kappa shape index (κ3) is 4.72. The van der Waals surface area contributed by atoms with Crippen LogP contribution >= 0.6 is 11.6 Å². The average molecular weight is 545 g/mol. The van der Waals surface area contributed by atoms with E-state index in [4.69, 9.17) is 16.3 Å². The summed E-state index contributed by atoms with van der Waals surface area (Å²) in [6.45, 7) is 0. The van der Waals surface area contributed by atoms with E-state index in [-0.39, 0.29) is 10.7 Å². The molecule has 0 aliphatic carbocycles. The second kappa shape index (κ2) is 10.5. The van der Waals surface area contributed by atoms with E-state index in [0.717, 1.165) is 26.8 Å². The highest BCUT2D eigenvalue weighted by atomic mass is 35.5. The lowest BCUT2D eigenvalue weighted by Gasteiger charge is -2.17. The molecular formula is C33H21ClN2O4. The van der Waals surface area contributed by atoms with E-state index in [0.29, 0.717) is 22.7 Å². The number of halogens is 1. The molecule has 0 radical (unpaired) electrons. The Morgan fingerprint density at radius 1 is 0.675 bits per heavy atom. The zero-order valence-corrected chi connectivity index (χ0v) is 21.8. The minimum atomic E-state index is -0.607. The van der Waals surface area contributed by atoms with Crippen molar-refractivity contribution in [3.05, 3.63) is 138 Å². The summed E-state index contributed by atoms with van der Waals surface area (Å²) < 4.78 is 5.52. The van der Waals surface area contributed by atoms with Crippen LogP contribution in [0.4, 0.5) is 11.4 Å². The summed E-state index contributed by atoms with van der Waals surface area (Å²) in [5, 5.41) is 4.39. The minimum absolute atomic E-state index is 0.0339. The summed E-state index contributed by atoms with van der Waals surface area (Å²) >= 11 is 6.32. The van der Waals surface area contributed by atoms with Crippen molar-refractivity contribution >= 4 is 51.5 Å². The molecule has 0 saturated heterocycles. The molecule has 0 fully saturated rings. The number of carbonyl (C=O) groups excluding carboxylic acids is 3. The number of hydrogen-bond acceptors (Lipinski definition) is 5. The summed E-state index contributed by atoms with van der Waals surface area (Å²) in [6, 6.07) is 36.4. The molecule has 1 N–H and O–H groups in total. The number of fused-ring (bicyclic) bond motifs is 1. The van der Waals surface area contributed by atoms with Crippen molar-refractivity contribution in [2.75, 3.05) is 10.2 Å². The molecule has 5 aromatic rings. The molecule has 0 saturated carbocycles. The largest absolute Gasteiger partial charge is 0.423 e. The Bertz CT molecular complexity index is 1790. The molecule has 6 nitrogen and oxygen atoms in total. The third-order valence-corrected chi connectivity index (χ3v) is 6.95. The standard InChI is InChI=1S/C33H21ClN2O4/c34-29-30(32(38)36(31(29)37)28-12-6-10-23-9-4-5-11-27(23)28)35-25-17-13-24(14-18-25)33(39)40-26-19-15-22(16-20-26)21-7-2-1-3-8-21/h1-20,35H. The molecule has 0 aromatic heterocycles. The van der Waals surface area contributed by atoms with Crippen molar-refractivity contribution in [3.63, 3.8) is 0 Å². The van der Waals surface area contributed by atoms with Gasteiger partial charge in [-0.05, 0) is 59.0 Å². The Labute approximate surface area is 235 Å². The van der Waals surface area contributed by atoms with Gasteiger partial charge in [0.25, 0.3) is 11.8 Å². The zero-order chi connectivity index (χ0) is 27.6. The molecule has 1 aliphatic heterocycles. The molecule has 0 spiro atoms. The Morgan fingerprint density at radius 2 is 1.32 bits per heavy atom. The van der Waals surface area contributed by atoms with Gasteiger partial charge in [-0.15, -0.1) is 0 Å². The summed E-state index contributed by atoms with van der Waals surface area (Å²) in [5.74, 6) is -1.27. The number of anilines is 2. The van der Waals surface area contributed by atoms with Crippen molar-refractivity contribution in [2.24, 2.45) is 0 Å². The van der Waals surface area contributed by atoms with Gasteiger partial charge in [0.05, 0.1) is 11.3 Å². The van der Waals surface area contributed by atoms with Crippen LogP contribution in [-0.2, 0) is 9.59 Å². The van der Waals surface area contributed by atoms with E-state index in [1.807, 2.05) is 72.8 Å². The van der Waals surface area contributed by atoms with E-state index in [9.17, 15) is 14.4 Å². The van der Waals surface area contributed by atoms with Crippen molar-refractivity contribution < 1.29 is 19.1 Å². The molecule has 0 unspecified atom stereocenters.